The van der Waals surface area contributed by atoms with Gasteiger partial charge >= 0.3 is 0 Å². The van der Waals surface area contributed by atoms with Crippen molar-refractivity contribution in [2.75, 3.05) is 0 Å². The third kappa shape index (κ3) is 11.4. The van der Waals surface area contributed by atoms with Crippen LogP contribution in [0, 0.1) is 0 Å². The van der Waals surface area contributed by atoms with Crippen molar-refractivity contribution in [1.82, 2.24) is 5.32 Å². The molecule has 0 aliphatic rings. The maximum Gasteiger partial charge on any atom is 0.0261 e. The Kier molecular flexibility index (Phi) is 11.8. The van der Waals surface area contributed by atoms with E-state index in [0.29, 0.717) is 6.04 Å². The second-order valence-corrected chi connectivity index (χ2v) is 4.43. The summed E-state index contributed by atoms with van der Waals surface area (Å²) in [6, 6.07) is 0.551. The average molecular weight is 223 g/mol. The number of unbranched alkanes of at least 4 members (excludes halogenated alkanes) is 4. The van der Waals surface area contributed by atoms with Crippen molar-refractivity contribution in [3.8, 4) is 0 Å². The van der Waals surface area contributed by atoms with E-state index < -0.39 is 0 Å². The van der Waals surface area contributed by atoms with Gasteiger partial charge in [-0.05, 0) is 38.8 Å². The van der Waals surface area contributed by atoms with Gasteiger partial charge in [-0.15, -0.1) is 0 Å². The highest BCUT2D eigenvalue weighted by atomic mass is 14.9. The first-order valence-electron chi connectivity index (χ1n) is 6.87. The zero-order chi connectivity index (χ0) is 12.1. The van der Waals surface area contributed by atoms with Gasteiger partial charge in [-0.1, -0.05) is 51.3 Å². The molecule has 0 saturated carbocycles. The van der Waals surface area contributed by atoms with Crippen LogP contribution in [-0.2, 0) is 0 Å². The van der Waals surface area contributed by atoms with E-state index in [1.807, 2.05) is 0 Å². The SMILES string of the molecule is CC/C=C/CC(C)N/C=C/CCCCCC. The van der Waals surface area contributed by atoms with Gasteiger partial charge in [0.25, 0.3) is 0 Å². The minimum absolute atomic E-state index is 0.551. The molecule has 1 heteroatoms. The maximum absolute atomic E-state index is 3.40. The summed E-state index contributed by atoms with van der Waals surface area (Å²) in [4.78, 5) is 0. The third-order valence-corrected chi connectivity index (χ3v) is 2.61. The highest BCUT2D eigenvalue weighted by Gasteiger charge is 1.92. The molecule has 94 valence electrons. The smallest absolute Gasteiger partial charge is 0.0261 e. The summed E-state index contributed by atoms with van der Waals surface area (Å²) < 4.78 is 0. The van der Waals surface area contributed by atoms with Crippen molar-refractivity contribution < 1.29 is 0 Å². The lowest BCUT2D eigenvalue weighted by Gasteiger charge is -2.08. The van der Waals surface area contributed by atoms with Crippen LogP contribution in [0.3, 0.4) is 0 Å². The summed E-state index contributed by atoms with van der Waals surface area (Å²) in [6.45, 7) is 6.65. The van der Waals surface area contributed by atoms with E-state index >= 15 is 0 Å². The largest absolute Gasteiger partial charge is 0.388 e. The highest BCUT2D eigenvalue weighted by molar-refractivity contribution is 4.87. The fraction of sp³-hybridized carbons (Fsp3) is 0.733. The van der Waals surface area contributed by atoms with Gasteiger partial charge in [0, 0.05) is 6.04 Å². The highest BCUT2D eigenvalue weighted by Crippen LogP contribution is 2.02. The van der Waals surface area contributed by atoms with Crippen LogP contribution >= 0.6 is 0 Å². The Balaban J connectivity index is 3.33. The predicted molar refractivity (Wildman–Crippen MR) is 74.5 cm³/mol. The predicted octanol–water partition coefficient (Wildman–Crippen LogP) is 4.80. The molecule has 0 aliphatic heterocycles. The number of allylic oxidation sites excluding steroid dienone is 2. The molecule has 1 nitrogen and oxygen atoms in total. The Bertz CT molecular complexity index is 182. The molecule has 0 rings (SSSR count). The molecule has 0 radical (unpaired) electrons. The molecular formula is C15H29N. The van der Waals surface area contributed by atoms with E-state index in [1.54, 1.807) is 0 Å². The first-order valence-corrected chi connectivity index (χ1v) is 6.87. The fourth-order valence-electron chi connectivity index (χ4n) is 1.54. The van der Waals surface area contributed by atoms with Crippen LogP contribution in [-0.4, -0.2) is 6.04 Å². The van der Waals surface area contributed by atoms with E-state index in [0.717, 1.165) is 12.8 Å². The molecule has 1 unspecified atom stereocenters. The Hall–Kier alpha value is -0.720. The third-order valence-electron chi connectivity index (χ3n) is 2.61. The van der Waals surface area contributed by atoms with Crippen LogP contribution in [0.25, 0.3) is 0 Å². The number of rotatable bonds is 10. The summed E-state index contributed by atoms with van der Waals surface area (Å²) in [5.74, 6) is 0. The van der Waals surface area contributed by atoms with Crippen LogP contribution in [0.15, 0.2) is 24.4 Å². The topological polar surface area (TPSA) is 12.0 Å². The molecule has 0 spiro atoms. The molecule has 0 amide bonds. The van der Waals surface area contributed by atoms with Gasteiger partial charge < -0.3 is 5.32 Å². The van der Waals surface area contributed by atoms with Crippen LogP contribution in [0.1, 0.15) is 65.7 Å². The average Bonchev–Trinajstić information content (AvgIpc) is 2.28. The molecule has 16 heavy (non-hydrogen) atoms. The lowest BCUT2D eigenvalue weighted by atomic mass is 10.1. The maximum atomic E-state index is 3.40. The first kappa shape index (κ1) is 15.3. The van der Waals surface area contributed by atoms with Crippen molar-refractivity contribution in [1.29, 1.82) is 0 Å². The number of hydrogen-bond acceptors (Lipinski definition) is 1. The van der Waals surface area contributed by atoms with Crippen molar-refractivity contribution in [3.05, 3.63) is 24.4 Å². The Morgan fingerprint density at radius 2 is 1.81 bits per heavy atom. The zero-order valence-corrected chi connectivity index (χ0v) is 11.3. The lowest BCUT2D eigenvalue weighted by molar-refractivity contribution is 0.640. The van der Waals surface area contributed by atoms with Gasteiger partial charge in [0.15, 0.2) is 0 Å². The minimum Gasteiger partial charge on any atom is -0.388 e. The van der Waals surface area contributed by atoms with Crippen molar-refractivity contribution >= 4 is 0 Å². The second kappa shape index (κ2) is 12.4. The number of hydrogen-bond donors (Lipinski definition) is 1. The molecule has 1 atom stereocenters. The van der Waals surface area contributed by atoms with Crippen LogP contribution < -0.4 is 5.32 Å². The van der Waals surface area contributed by atoms with Crippen LogP contribution in [0.5, 0.6) is 0 Å². The molecular weight excluding hydrogens is 194 g/mol. The molecule has 0 aliphatic carbocycles. The molecule has 0 aromatic rings. The summed E-state index contributed by atoms with van der Waals surface area (Å²) in [5.41, 5.74) is 0. The van der Waals surface area contributed by atoms with E-state index in [2.05, 4.69) is 50.5 Å². The van der Waals surface area contributed by atoms with Gasteiger partial charge in [0.05, 0.1) is 0 Å². The van der Waals surface area contributed by atoms with Crippen molar-refractivity contribution in [3.63, 3.8) is 0 Å². The molecule has 0 aromatic carbocycles. The molecule has 1 N–H and O–H groups in total. The summed E-state index contributed by atoms with van der Waals surface area (Å²) >= 11 is 0. The summed E-state index contributed by atoms with van der Waals surface area (Å²) in [5, 5.41) is 3.40. The molecule has 0 bridgehead atoms. The summed E-state index contributed by atoms with van der Waals surface area (Å²) in [6.07, 6.45) is 17.7. The summed E-state index contributed by atoms with van der Waals surface area (Å²) in [7, 11) is 0. The van der Waals surface area contributed by atoms with Gasteiger partial charge in [0.2, 0.25) is 0 Å². The monoisotopic (exact) mass is 223 g/mol. The quantitative estimate of drug-likeness (QED) is 0.414. The van der Waals surface area contributed by atoms with Gasteiger partial charge in [0.1, 0.15) is 0 Å². The zero-order valence-electron chi connectivity index (χ0n) is 11.3. The molecule has 0 aromatic heterocycles. The fourth-order valence-corrected chi connectivity index (χ4v) is 1.54. The number of nitrogens with one attached hydrogen (secondary N) is 1. The van der Waals surface area contributed by atoms with Gasteiger partial charge in [-0.25, -0.2) is 0 Å². The molecule has 0 heterocycles. The van der Waals surface area contributed by atoms with Crippen LogP contribution in [0.2, 0.25) is 0 Å². The van der Waals surface area contributed by atoms with E-state index in [4.69, 9.17) is 0 Å². The first-order chi connectivity index (χ1) is 7.81. The lowest BCUT2D eigenvalue weighted by Crippen LogP contribution is -2.18. The standard InChI is InChI=1S/C15H29N/c1-4-6-8-9-10-12-14-16-15(3)13-11-7-5-2/h7,11-12,14-16H,4-6,8-10,13H2,1-3H3/b11-7+,14-12+. The van der Waals surface area contributed by atoms with E-state index in [9.17, 15) is 0 Å². The molecule has 0 fully saturated rings. The minimum atomic E-state index is 0.551. The molecule has 0 saturated heterocycles. The van der Waals surface area contributed by atoms with Crippen molar-refractivity contribution in [2.24, 2.45) is 0 Å². The Morgan fingerprint density at radius 1 is 1.00 bits per heavy atom. The Morgan fingerprint density at radius 3 is 2.50 bits per heavy atom. The van der Waals surface area contributed by atoms with Crippen LogP contribution in [0.4, 0.5) is 0 Å². The van der Waals surface area contributed by atoms with Gasteiger partial charge in [-0.2, -0.15) is 0 Å². The Labute approximate surface area is 102 Å². The van der Waals surface area contributed by atoms with E-state index in [-0.39, 0.29) is 0 Å². The normalized spacial score (nSPS) is 13.7. The van der Waals surface area contributed by atoms with Gasteiger partial charge in [-0.3, -0.25) is 0 Å². The van der Waals surface area contributed by atoms with Crippen molar-refractivity contribution in [2.45, 2.75) is 71.8 Å². The van der Waals surface area contributed by atoms with E-state index in [1.165, 1.54) is 32.1 Å². The second-order valence-electron chi connectivity index (χ2n) is 4.43.